The number of aromatic hydroxyl groups is 1. The van der Waals surface area contributed by atoms with Crippen LogP contribution in [0.1, 0.15) is 0 Å². The molecule has 0 saturated heterocycles. The van der Waals surface area contributed by atoms with Gasteiger partial charge < -0.3 is 9.67 Å². The zero-order valence-electron chi connectivity index (χ0n) is 7.85. The van der Waals surface area contributed by atoms with E-state index in [0.717, 1.165) is 5.52 Å². The van der Waals surface area contributed by atoms with Gasteiger partial charge >= 0.3 is 0 Å². The first-order valence-corrected chi connectivity index (χ1v) is 5.02. The first kappa shape index (κ1) is 9.98. The lowest BCUT2D eigenvalue weighted by atomic mass is 10.2. The number of fused-ring (bicyclic) bond motifs is 1. The molecule has 1 aromatic heterocycles. The Morgan fingerprint density at radius 2 is 2.13 bits per heavy atom. The van der Waals surface area contributed by atoms with Gasteiger partial charge in [0.05, 0.1) is 5.52 Å². The standard InChI is InChI=1S/C10H9ClN2O2/c11-5-6-13-8-4-2-1-3-7(8)9(12-15)10(13)14/h1-4,14H,5-6H2. The molecule has 0 bridgehead atoms. The second kappa shape index (κ2) is 3.90. The summed E-state index contributed by atoms with van der Waals surface area (Å²) in [7, 11) is 0. The SMILES string of the molecule is O=Nc1c(O)n(CCCl)c2ccccc12. The molecule has 0 aliphatic rings. The predicted octanol–water partition coefficient (Wildman–Crippen LogP) is 2.98. The molecule has 2 aromatic rings. The van der Waals surface area contributed by atoms with Crippen LogP contribution in [0.15, 0.2) is 29.4 Å². The van der Waals surface area contributed by atoms with Gasteiger partial charge in [-0.05, 0) is 11.2 Å². The van der Waals surface area contributed by atoms with Crippen LogP contribution in [-0.2, 0) is 6.54 Å². The first-order chi connectivity index (χ1) is 7.29. The topological polar surface area (TPSA) is 54.6 Å². The smallest absolute Gasteiger partial charge is 0.222 e. The highest BCUT2D eigenvalue weighted by Crippen LogP contribution is 2.38. The van der Waals surface area contributed by atoms with Gasteiger partial charge in [0.1, 0.15) is 0 Å². The number of para-hydroxylation sites is 1. The number of aryl methyl sites for hydroxylation is 1. The normalized spacial score (nSPS) is 10.7. The lowest BCUT2D eigenvalue weighted by Gasteiger charge is -2.02. The second-order valence-electron chi connectivity index (χ2n) is 3.12. The maximum absolute atomic E-state index is 10.6. The van der Waals surface area contributed by atoms with Crippen LogP contribution in [0.5, 0.6) is 5.88 Å². The summed E-state index contributed by atoms with van der Waals surface area (Å²) in [5.41, 5.74) is 0.848. The minimum Gasteiger partial charge on any atom is -0.493 e. The van der Waals surface area contributed by atoms with E-state index in [1.54, 1.807) is 16.7 Å². The van der Waals surface area contributed by atoms with Crippen LogP contribution < -0.4 is 0 Å². The van der Waals surface area contributed by atoms with E-state index in [-0.39, 0.29) is 11.6 Å². The van der Waals surface area contributed by atoms with E-state index in [9.17, 15) is 10.0 Å². The summed E-state index contributed by atoms with van der Waals surface area (Å²) in [6.45, 7) is 0.448. The Labute approximate surface area is 91.1 Å². The van der Waals surface area contributed by atoms with Crippen molar-refractivity contribution in [3.05, 3.63) is 29.2 Å². The Balaban J connectivity index is 2.78. The average Bonchev–Trinajstić information content (AvgIpc) is 2.53. The van der Waals surface area contributed by atoms with Gasteiger partial charge in [0.2, 0.25) is 5.88 Å². The fraction of sp³-hybridized carbons (Fsp3) is 0.200. The molecular weight excluding hydrogens is 216 g/mol. The fourth-order valence-corrected chi connectivity index (χ4v) is 1.84. The summed E-state index contributed by atoms with van der Waals surface area (Å²) in [5.74, 6) is 0.247. The summed E-state index contributed by atoms with van der Waals surface area (Å²) in [6.07, 6.45) is 0. The maximum Gasteiger partial charge on any atom is 0.222 e. The predicted molar refractivity (Wildman–Crippen MR) is 59.8 cm³/mol. The molecule has 0 aliphatic carbocycles. The van der Waals surface area contributed by atoms with E-state index in [0.29, 0.717) is 17.8 Å². The lowest BCUT2D eigenvalue weighted by molar-refractivity contribution is 0.427. The molecule has 1 heterocycles. The number of nitroso groups, excluding NO2 is 1. The van der Waals surface area contributed by atoms with Gasteiger partial charge in [0.25, 0.3) is 0 Å². The molecule has 4 nitrogen and oxygen atoms in total. The van der Waals surface area contributed by atoms with Gasteiger partial charge in [-0.25, -0.2) is 0 Å². The summed E-state index contributed by atoms with van der Waals surface area (Å²) in [4.78, 5) is 10.6. The minimum atomic E-state index is -0.119. The molecule has 1 aromatic carbocycles. The summed E-state index contributed by atoms with van der Waals surface area (Å²) in [5, 5.41) is 13.2. The van der Waals surface area contributed by atoms with Crippen molar-refractivity contribution in [3.63, 3.8) is 0 Å². The number of alkyl halides is 1. The van der Waals surface area contributed by atoms with Crippen molar-refractivity contribution in [1.29, 1.82) is 0 Å². The number of nitrogens with zero attached hydrogens (tertiary/aromatic N) is 2. The van der Waals surface area contributed by atoms with E-state index in [2.05, 4.69) is 5.18 Å². The van der Waals surface area contributed by atoms with Gasteiger partial charge in [-0.2, -0.15) is 0 Å². The number of hydrogen-bond acceptors (Lipinski definition) is 3. The fourth-order valence-electron chi connectivity index (χ4n) is 1.67. The highest BCUT2D eigenvalue weighted by Gasteiger charge is 2.15. The van der Waals surface area contributed by atoms with Crippen LogP contribution in [0.4, 0.5) is 5.69 Å². The molecule has 0 saturated carbocycles. The first-order valence-electron chi connectivity index (χ1n) is 4.49. The molecule has 78 valence electrons. The molecule has 0 spiro atoms. The largest absolute Gasteiger partial charge is 0.493 e. The van der Waals surface area contributed by atoms with Crippen LogP contribution in [0.2, 0.25) is 0 Å². The third-order valence-electron chi connectivity index (χ3n) is 2.32. The Kier molecular flexibility index (Phi) is 2.60. The highest BCUT2D eigenvalue weighted by molar-refractivity contribution is 6.17. The van der Waals surface area contributed by atoms with Gasteiger partial charge in [-0.15, -0.1) is 16.5 Å². The molecule has 0 aliphatic heterocycles. The minimum absolute atomic E-state index is 0.0794. The zero-order chi connectivity index (χ0) is 10.8. The van der Waals surface area contributed by atoms with E-state index in [1.165, 1.54) is 0 Å². The van der Waals surface area contributed by atoms with E-state index in [1.807, 2.05) is 12.1 Å². The van der Waals surface area contributed by atoms with Crippen LogP contribution in [-0.4, -0.2) is 15.6 Å². The molecule has 0 radical (unpaired) electrons. The monoisotopic (exact) mass is 224 g/mol. The number of hydrogen-bond donors (Lipinski definition) is 1. The Bertz CT molecular complexity index is 507. The van der Waals surface area contributed by atoms with Crippen molar-refractivity contribution in [3.8, 4) is 5.88 Å². The van der Waals surface area contributed by atoms with E-state index in [4.69, 9.17) is 11.6 Å². The third kappa shape index (κ3) is 1.47. The number of benzene rings is 1. The maximum atomic E-state index is 10.6. The van der Waals surface area contributed by atoms with Crippen molar-refractivity contribution in [2.45, 2.75) is 6.54 Å². The molecule has 1 N–H and O–H groups in total. The third-order valence-corrected chi connectivity index (χ3v) is 2.49. The van der Waals surface area contributed by atoms with Crippen molar-refractivity contribution in [1.82, 2.24) is 4.57 Å². The van der Waals surface area contributed by atoms with Crippen LogP contribution in [0.3, 0.4) is 0 Å². The van der Waals surface area contributed by atoms with Crippen molar-refractivity contribution >= 4 is 28.2 Å². The quantitative estimate of drug-likeness (QED) is 0.644. The second-order valence-corrected chi connectivity index (χ2v) is 3.50. The number of rotatable bonds is 3. The molecule has 15 heavy (non-hydrogen) atoms. The Morgan fingerprint density at radius 3 is 2.80 bits per heavy atom. The van der Waals surface area contributed by atoms with Crippen LogP contribution >= 0.6 is 11.6 Å². The molecule has 0 amide bonds. The molecule has 0 fully saturated rings. The van der Waals surface area contributed by atoms with Gasteiger partial charge in [-0.3, -0.25) is 0 Å². The van der Waals surface area contributed by atoms with Gasteiger partial charge in [0.15, 0.2) is 5.69 Å². The molecule has 5 heteroatoms. The van der Waals surface area contributed by atoms with Crippen LogP contribution in [0.25, 0.3) is 10.9 Å². The molecular formula is C10H9ClN2O2. The number of halogens is 1. The van der Waals surface area contributed by atoms with Crippen molar-refractivity contribution in [2.75, 3.05) is 5.88 Å². The van der Waals surface area contributed by atoms with E-state index < -0.39 is 0 Å². The summed E-state index contributed by atoms with van der Waals surface area (Å²) < 4.78 is 1.58. The Morgan fingerprint density at radius 1 is 1.40 bits per heavy atom. The average molecular weight is 225 g/mol. The number of aromatic nitrogens is 1. The van der Waals surface area contributed by atoms with Crippen LogP contribution in [0, 0.1) is 4.91 Å². The van der Waals surface area contributed by atoms with Crippen molar-refractivity contribution in [2.24, 2.45) is 5.18 Å². The summed E-state index contributed by atoms with van der Waals surface area (Å²) in [6, 6.07) is 7.19. The van der Waals surface area contributed by atoms with E-state index >= 15 is 0 Å². The van der Waals surface area contributed by atoms with Gasteiger partial charge in [0, 0.05) is 17.8 Å². The zero-order valence-corrected chi connectivity index (χ0v) is 8.61. The summed E-state index contributed by atoms with van der Waals surface area (Å²) >= 11 is 5.62. The van der Waals surface area contributed by atoms with Crippen molar-refractivity contribution < 1.29 is 5.11 Å². The highest BCUT2D eigenvalue weighted by atomic mass is 35.5. The Hall–Kier alpha value is -1.55. The molecule has 0 unspecified atom stereocenters. The molecule has 0 atom stereocenters. The van der Waals surface area contributed by atoms with Gasteiger partial charge in [-0.1, -0.05) is 18.2 Å². The lowest BCUT2D eigenvalue weighted by Crippen LogP contribution is -1.97. The molecule has 2 rings (SSSR count).